The molecule has 0 aliphatic carbocycles. The molecular formula is C14H16O4. The van der Waals surface area contributed by atoms with Gasteiger partial charge in [-0.25, -0.2) is 0 Å². The minimum Gasteiger partial charge on any atom is -0.507 e. The first kappa shape index (κ1) is 11.5. The van der Waals surface area contributed by atoms with Crippen molar-refractivity contribution in [3.05, 3.63) is 23.3 Å². The smallest absolute Gasteiger partial charge is 0.210 e. The van der Waals surface area contributed by atoms with E-state index in [0.717, 1.165) is 12.0 Å². The molecule has 2 unspecified atom stereocenters. The number of Topliss-reactive ketones (excluding diaryl/α,β-unsaturated/α-hetero) is 1. The van der Waals surface area contributed by atoms with Gasteiger partial charge < -0.3 is 14.6 Å². The topological polar surface area (TPSA) is 55.8 Å². The van der Waals surface area contributed by atoms with Crippen LogP contribution in [0.2, 0.25) is 0 Å². The first-order valence-corrected chi connectivity index (χ1v) is 6.20. The number of rotatable bonds is 1. The van der Waals surface area contributed by atoms with E-state index in [2.05, 4.69) is 0 Å². The zero-order chi connectivity index (χ0) is 12.9. The van der Waals surface area contributed by atoms with Crippen LogP contribution in [0.15, 0.2) is 12.1 Å². The summed E-state index contributed by atoms with van der Waals surface area (Å²) in [4.78, 5) is 11.4. The van der Waals surface area contributed by atoms with E-state index in [1.54, 1.807) is 12.1 Å². The summed E-state index contributed by atoms with van der Waals surface area (Å²) in [6.45, 7) is 4.06. The zero-order valence-corrected chi connectivity index (χ0v) is 10.5. The lowest BCUT2D eigenvalue weighted by molar-refractivity contribution is -0.165. The fourth-order valence-corrected chi connectivity index (χ4v) is 2.84. The molecule has 2 atom stereocenters. The SMILES string of the molecule is CC(=O)c1ccc2c(c1O)CC1CCOC1(C)O2. The van der Waals surface area contributed by atoms with Gasteiger partial charge in [-0.3, -0.25) is 4.79 Å². The molecular weight excluding hydrogens is 232 g/mol. The van der Waals surface area contributed by atoms with E-state index in [9.17, 15) is 9.90 Å². The number of hydrogen-bond acceptors (Lipinski definition) is 4. The number of carbonyl (C=O) groups is 1. The molecule has 3 rings (SSSR count). The molecule has 18 heavy (non-hydrogen) atoms. The number of ketones is 1. The average molecular weight is 248 g/mol. The van der Waals surface area contributed by atoms with Crippen LogP contribution in [0.3, 0.4) is 0 Å². The quantitative estimate of drug-likeness (QED) is 0.775. The van der Waals surface area contributed by atoms with Gasteiger partial charge in [0.15, 0.2) is 5.78 Å². The number of phenolic OH excluding ortho intramolecular Hbond substituents is 1. The molecule has 1 aromatic carbocycles. The molecule has 0 radical (unpaired) electrons. The Morgan fingerprint density at radius 3 is 3.00 bits per heavy atom. The van der Waals surface area contributed by atoms with Gasteiger partial charge in [-0.15, -0.1) is 0 Å². The van der Waals surface area contributed by atoms with Crippen molar-refractivity contribution in [1.29, 1.82) is 0 Å². The fourth-order valence-electron chi connectivity index (χ4n) is 2.84. The van der Waals surface area contributed by atoms with Crippen molar-refractivity contribution in [1.82, 2.24) is 0 Å². The Morgan fingerprint density at radius 2 is 2.28 bits per heavy atom. The molecule has 0 aromatic heterocycles. The van der Waals surface area contributed by atoms with Gasteiger partial charge in [0.2, 0.25) is 5.79 Å². The second-order valence-electron chi connectivity index (χ2n) is 5.15. The summed E-state index contributed by atoms with van der Waals surface area (Å²) in [5.41, 5.74) is 1.09. The van der Waals surface area contributed by atoms with Gasteiger partial charge in [0.05, 0.1) is 12.2 Å². The average Bonchev–Trinajstić information content (AvgIpc) is 2.67. The van der Waals surface area contributed by atoms with Gasteiger partial charge in [-0.05, 0) is 31.9 Å². The van der Waals surface area contributed by atoms with E-state index >= 15 is 0 Å². The van der Waals surface area contributed by atoms with Crippen LogP contribution in [-0.4, -0.2) is 23.3 Å². The van der Waals surface area contributed by atoms with Crippen LogP contribution in [0.1, 0.15) is 36.2 Å². The van der Waals surface area contributed by atoms with Gasteiger partial charge in [-0.1, -0.05) is 0 Å². The minimum absolute atomic E-state index is 0.0638. The van der Waals surface area contributed by atoms with Crippen LogP contribution in [0, 0.1) is 5.92 Å². The van der Waals surface area contributed by atoms with Crippen molar-refractivity contribution in [2.75, 3.05) is 6.61 Å². The summed E-state index contributed by atoms with van der Waals surface area (Å²) >= 11 is 0. The molecule has 4 nitrogen and oxygen atoms in total. The normalized spacial score (nSPS) is 29.3. The molecule has 1 saturated heterocycles. The number of fused-ring (bicyclic) bond motifs is 2. The second kappa shape index (κ2) is 3.72. The second-order valence-corrected chi connectivity index (χ2v) is 5.15. The van der Waals surface area contributed by atoms with Crippen LogP contribution in [0.25, 0.3) is 0 Å². The maximum atomic E-state index is 11.4. The Bertz CT molecular complexity index is 523. The molecule has 0 saturated carbocycles. The molecule has 2 aliphatic rings. The number of hydrogen-bond donors (Lipinski definition) is 1. The van der Waals surface area contributed by atoms with Crippen LogP contribution < -0.4 is 4.74 Å². The maximum absolute atomic E-state index is 11.4. The van der Waals surface area contributed by atoms with Crippen molar-refractivity contribution < 1.29 is 19.4 Å². The lowest BCUT2D eigenvalue weighted by Gasteiger charge is -2.36. The number of benzene rings is 1. The molecule has 1 fully saturated rings. The number of carbonyl (C=O) groups excluding carboxylic acids is 1. The Balaban J connectivity index is 2.07. The first-order chi connectivity index (χ1) is 8.51. The third kappa shape index (κ3) is 1.52. The molecule has 4 heteroatoms. The van der Waals surface area contributed by atoms with E-state index < -0.39 is 5.79 Å². The summed E-state index contributed by atoms with van der Waals surface area (Å²) in [7, 11) is 0. The highest BCUT2D eigenvalue weighted by atomic mass is 16.7. The summed E-state index contributed by atoms with van der Waals surface area (Å²) < 4.78 is 11.5. The standard InChI is InChI=1S/C14H16O4/c1-8(15)10-3-4-12-11(13(10)16)7-9-5-6-17-14(9,2)18-12/h3-4,9,16H,5-7H2,1-2H3. The Morgan fingerprint density at radius 1 is 1.50 bits per heavy atom. The summed E-state index contributed by atoms with van der Waals surface area (Å²) in [6, 6.07) is 3.35. The predicted molar refractivity (Wildman–Crippen MR) is 64.9 cm³/mol. The summed E-state index contributed by atoms with van der Waals surface area (Å²) in [5, 5.41) is 10.2. The Hall–Kier alpha value is -1.55. The van der Waals surface area contributed by atoms with Gasteiger partial charge in [0.1, 0.15) is 11.5 Å². The highest BCUT2D eigenvalue weighted by molar-refractivity contribution is 5.97. The number of aromatic hydroxyl groups is 1. The van der Waals surface area contributed by atoms with Crippen LogP contribution in [0.5, 0.6) is 11.5 Å². The van der Waals surface area contributed by atoms with Crippen LogP contribution in [0.4, 0.5) is 0 Å². The number of ether oxygens (including phenoxy) is 2. The third-order valence-corrected chi connectivity index (χ3v) is 3.98. The van der Waals surface area contributed by atoms with E-state index in [0.29, 0.717) is 24.3 Å². The van der Waals surface area contributed by atoms with E-state index in [1.807, 2.05) is 6.92 Å². The highest BCUT2D eigenvalue weighted by Gasteiger charge is 2.46. The van der Waals surface area contributed by atoms with Crippen molar-refractivity contribution >= 4 is 5.78 Å². The first-order valence-electron chi connectivity index (χ1n) is 6.20. The molecule has 0 bridgehead atoms. The monoisotopic (exact) mass is 248 g/mol. The van der Waals surface area contributed by atoms with E-state index in [4.69, 9.17) is 9.47 Å². The summed E-state index contributed by atoms with van der Waals surface area (Å²) in [6.07, 6.45) is 1.61. The Labute approximate surface area is 106 Å². The van der Waals surface area contributed by atoms with Crippen molar-refractivity contribution in [2.45, 2.75) is 32.5 Å². The van der Waals surface area contributed by atoms with Crippen molar-refractivity contribution in [3.63, 3.8) is 0 Å². The zero-order valence-electron chi connectivity index (χ0n) is 10.5. The molecule has 0 spiro atoms. The predicted octanol–water partition coefficient (Wildman–Crippen LogP) is 2.28. The summed E-state index contributed by atoms with van der Waals surface area (Å²) in [5.74, 6) is 0.202. The van der Waals surface area contributed by atoms with E-state index in [1.165, 1.54) is 6.92 Å². The molecule has 96 valence electrons. The van der Waals surface area contributed by atoms with Crippen molar-refractivity contribution in [2.24, 2.45) is 5.92 Å². The third-order valence-electron chi connectivity index (χ3n) is 3.98. The van der Waals surface area contributed by atoms with E-state index in [-0.39, 0.29) is 17.5 Å². The molecule has 2 aliphatic heterocycles. The largest absolute Gasteiger partial charge is 0.507 e. The lowest BCUT2D eigenvalue weighted by atomic mass is 9.87. The molecule has 1 N–H and O–H groups in total. The molecule has 1 aromatic rings. The Kier molecular flexibility index (Phi) is 2.38. The highest BCUT2D eigenvalue weighted by Crippen LogP contribution is 2.46. The van der Waals surface area contributed by atoms with Gasteiger partial charge >= 0.3 is 0 Å². The van der Waals surface area contributed by atoms with Gasteiger partial charge in [0, 0.05) is 18.4 Å². The molecule has 0 amide bonds. The molecule has 2 heterocycles. The van der Waals surface area contributed by atoms with Gasteiger partial charge in [-0.2, -0.15) is 0 Å². The van der Waals surface area contributed by atoms with Crippen molar-refractivity contribution in [3.8, 4) is 11.5 Å². The van der Waals surface area contributed by atoms with Crippen LogP contribution in [-0.2, 0) is 11.2 Å². The number of phenols is 1. The maximum Gasteiger partial charge on any atom is 0.210 e. The minimum atomic E-state index is -0.586. The fraction of sp³-hybridized carbons (Fsp3) is 0.500. The van der Waals surface area contributed by atoms with Gasteiger partial charge in [0.25, 0.3) is 0 Å². The van der Waals surface area contributed by atoms with Crippen LogP contribution >= 0.6 is 0 Å². The lowest BCUT2D eigenvalue weighted by Crippen LogP contribution is -2.42.